The molecule has 1 fully saturated rings. The molecule has 3 rings (SSSR count). The van der Waals surface area contributed by atoms with E-state index in [1.807, 2.05) is 37.3 Å². The number of benzene rings is 1. The Balaban J connectivity index is 1.74. The molecular weight excluding hydrogens is 362 g/mol. The number of hydrogen-bond donors (Lipinski definition) is 1. The van der Waals surface area contributed by atoms with Gasteiger partial charge in [0.25, 0.3) is 5.91 Å². The van der Waals surface area contributed by atoms with Gasteiger partial charge in [0.1, 0.15) is 10.6 Å². The smallest absolute Gasteiger partial charge is 0.268 e. The van der Waals surface area contributed by atoms with Crippen molar-refractivity contribution in [3.05, 3.63) is 53.9 Å². The van der Waals surface area contributed by atoms with Crippen LogP contribution in [0.5, 0.6) is 0 Å². The molecule has 0 radical (unpaired) electrons. The predicted octanol–water partition coefficient (Wildman–Crippen LogP) is 2.56. The Bertz CT molecular complexity index is 884. The second-order valence-corrected chi connectivity index (χ2v) is 8.99. The van der Waals surface area contributed by atoms with Crippen molar-refractivity contribution in [1.82, 2.24) is 14.2 Å². The molecule has 0 bridgehead atoms. The zero-order valence-electron chi connectivity index (χ0n) is 15.9. The van der Waals surface area contributed by atoms with E-state index >= 15 is 0 Å². The fraction of sp³-hybridized carbons (Fsp3) is 0.450. The Hall–Kier alpha value is -2.12. The third kappa shape index (κ3) is 4.42. The lowest BCUT2D eigenvalue weighted by Crippen LogP contribution is -2.36. The molecule has 2 heterocycles. The molecule has 0 unspecified atom stereocenters. The first kappa shape index (κ1) is 19.6. The van der Waals surface area contributed by atoms with E-state index < -0.39 is 10.0 Å². The third-order valence-corrected chi connectivity index (χ3v) is 6.93. The molecule has 1 saturated heterocycles. The van der Waals surface area contributed by atoms with Crippen LogP contribution in [0.25, 0.3) is 0 Å². The number of carbonyl (C=O) groups is 1. The van der Waals surface area contributed by atoms with Gasteiger partial charge in [0.2, 0.25) is 10.0 Å². The summed E-state index contributed by atoms with van der Waals surface area (Å²) in [7, 11) is -1.82. The average Bonchev–Trinajstić information content (AvgIpc) is 3.32. The summed E-state index contributed by atoms with van der Waals surface area (Å²) in [6.07, 6.45) is 4.84. The van der Waals surface area contributed by atoms with Gasteiger partial charge < -0.3 is 9.88 Å². The van der Waals surface area contributed by atoms with Crippen LogP contribution in [-0.2, 0) is 23.5 Å². The van der Waals surface area contributed by atoms with Gasteiger partial charge in [0.15, 0.2) is 0 Å². The van der Waals surface area contributed by atoms with Crippen LogP contribution < -0.4 is 5.32 Å². The highest BCUT2D eigenvalue weighted by Gasteiger charge is 2.29. The van der Waals surface area contributed by atoms with Crippen molar-refractivity contribution >= 4 is 15.9 Å². The maximum Gasteiger partial charge on any atom is 0.268 e. The van der Waals surface area contributed by atoms with Crippen molar-refractivity contribution in [3.8, 4) is 0 Å². The number of nitrogens with one attached hydrogen (secondary N) is 1. The van der Waals surface area contributed by atoms with Crippen LogP contribution in [-0.4, -0.2) is 42.3 Å². The number of hydrogen-bond acceptors (Lipinski definition) is 3. The summed E-state index contributed by atoms with van der Waals surface area (Å²) in [6, 6.07) is 11.5. The predicted molar refractivity (Wildman–Crippen MR) is 105 cm³/mol. The summed E-state index contributed by atoms with van der Waals surface area (Å²) < 4.78 is 28.5. The lowest BCUT2D eigenvalue weighted by Gasteiger charge is -2.17. The summed E-state index contributed by atoms with van der Waals surface area (Å²) in [5.41, 5.74) is 1.52. The van der Waals surface area contributed by atoms with Gasteiger partial charge in [0, 0.05) is 32.4 Å². The fourth-order valence-corrected chi connectivity index (χ4v) is 5.02. The third-order valence-electron chi connectivity index (χ3n) is 5.07. The van der Waals surface area contributed by atoms with E-state index in [0.717, 1.165) is 31.2 Å². The molecule has 0 spiro atoms. The first-order valence-electron chi connectivity index (χ1n) is 9.43. The van der Waals surface area contributed by atoms with E-state index in [2.05, 4.69) is 5.32 Å². The minimum Gasteiger partial charge on any atom is -0.348 e. The van der Waals surface area contributed by atoms with Gasteiger partial charge in [-0.2, -0.15) is 4.31 Å². The summed E-state index contributed by atoms with van der Waals surface area (Å²) in [6.45, 7) is 3.13. The van der Waals surface area contributed by atoms with E-state index in [1.54, 1.807) is 11.6 Å². The monoisotopic (exact) mass is 389 g/mol. The Labute approximate surface area is 161 Å². The Morgan fingerprint density at radius 3 is 2.48 bits per heavy atom. The summed E-state index contributed by atoms with van der Waals surface area (Å²) in [5, 5.41) is 3.04. The zero-order valence-corrected chi connectivity index (χ0v) is 16.7. The molecule has 2 aromatic rings. The van der Waals surface area contributed by atoms with Gasteiger partial charge in [0.05, 0.1) is 0 Å². The minimum atomic E-state index is -3.52. The lowest BCUT2D eigenvalue weighted by molar-refractivity contribution is 0.0927. The summed E-state index contributed by atoms with van der Waals surface area (Å²) >= 11 is 0. The molecule has 146 valence electrons. The van der Waals surface area contributed by atoms with Crippen LogP contribution >= 0.6 is 0 Å². The maximum absolute atomic E-state index is 12.7. The Morgan fingerprint density at radius 2 is 1.85 bits per heavy atom. The SMILES string of the molecule is CC[C@H](Cc1ccccc1)NC(=O)c1cc(S(=O)(=O)N2CCCC2)cn1C. The van der Waals surface area contributed by atoms with Crippen molar-refractivity contribution in [3.63, 3.8) is 0 Å². The number of nitrogens with zero attached hydrogens (tertiary/aromatic N) is 2. The molecule has 6 nitrogen and oxygen atoms in total. The first-order chi connectivity index (χ1) is 12.9. The van der Waals surface area contributed by atoms with E-state index in [-0.39, 0.29) is 16.8 Å². The van der Waals surface area contributed by atoms with Crippen molar-refractivity contribution in [2.24, 2.45) is 7.05 Å². The lowest BCUT2D eigenvalue weighted by atomic mass is 10.0. The molecule has 27 heavy (non-hydrogen) atoms. The van der Waals surface area contributed by atoms with Crippen LogP contribution in [0.3, 0.4) is 0 Å². The molecule has 1 aliphatic heterocycles. The van der Waals surface area contributed by atoms with Crippen LogP contribution in [0.1, 0.15) is 42.2 Å². The van der Waals surface area contributed by atoms with E-state index in [4.69, 9.17) is 0 Å². The van der Waals surface area contributed by atoms with E-state index in [9.17, 15) is 13.2 Å². The number of aryl methyl sites for hydroxylation is 1. The van der Waals surface area contributed by atoms with Crippen LogP contribution in [0.2, 0.25) is 0 Å². The van der Waals surface area contributed by atoms with E-state index in [0.29, 0.717) is 18.8 Å². The van der Waals surface area contributed by atoms with E-state index in [1.165, 1.54) is 16.6 Å². The van der Waals surface area contributed by atoms with Crippen molar-refractivity contribution in [2.75, 3.05) is 13.1 Å². The van der Waals surface area contributed by atoms with Gasteiger partial charge in [-0.15, -0.1) is 0 Å². The highest BCUT2D eigenvalue weighted by Crippen LogP contribution is 2.22. The molecule has 1 aromatic carbocycles. The number of amides is 1. The molecule has 1 aliphatic rings. The van der Waals surface area contributed by atoms with Crippen molar-refractivity contribution < 1.29 is 13.2 Å². The average molecular weight is 390 g/mol. The molecule has 0 aliphatic carbocycles. The largest absolute Gasteiger partial charge is 0.348 e. The van der Waals surface area contributed by atoms with Gasteiger partial charge >= 0.3 is 0 Å². The Kier molecular flexibility index (Phi) is 6.01. The van der Waals surface area contributed by atoms with Crippen LogP contribution in [0.15, 0.2) is 47.5 Å². The van der Waals surface area contributed by atoms with Crippen molar-refractivity contribution in [1.29, 1.82) is 0 Å². The molecule has 7 heteroatoms. The van der Waals surface area contributed by atoms with Crippen molar-refractivity contribution in [2.45, 2.75) is 43.5 Å². The molecule has 1 aromatic heterocycles. The quantitative estimate of drug-likeness (QED) is 0.791. The number of aromatic nitrogens is 1. The molecule has 1 amide bonds. The van der Waals surface area contributed by atoms with Gasteiger partial charge in [-0.3, -0.25) is 4.79 Å². The Morgan fingerprint density at radius 1 is 1.19 bits per heavy atom. The fourth-order valence-electron chi connectivity index (χ4n) is 3.43. The molecule has 1 atom stereocenters. The molecular formula is C20H27N3O3S. The second kappa shape index (κ2) is 8.27. The summed E-state index contributed by atoms with van der Waals surface area (Å²) in [5.74, 6) is -0.247. The van der Waals surface area contributed by atoms with Crippen LogP contribution in [0, 0.1) is 0 Å². The van der Waals surface area contributed by atoms with Gasteiger partial charge in [-0.1, -0.05) is 37.3 Å². The topological polar surface area (TPSA) is 71.4 Å². The number of sulfonamides is 1. The van der Waals surface area contributed by atoms with Gasteiger partial charge in [-0.05, 0) is 37.3 Å². The first-order valence-corrected chi connectivity index (χ1v) is 10.9. The normalized spacial score (nSPS) is 16.4. The van der Waals surface area contributed by atoms with Crippen LogP contribution in [0.4, 0.5) is 0 Å². The number of rotatable bonds is 7. The highest BCUT2D eigenvalue weighted by molar-refractivity contribution is 7.89. The standard InChI is InChI=1S/C20H27N3O3S/c1-3-17(13-16-9-5-4-6-10-16)21-20(24)19-14-18(15-22(19)2)27(25,26)23-11-7-8-12-23/h4-6,9-10,14-15,17H,3,7-8,11-13H2,1-2H3,(H,21,24)/t17-/m1/s1. The highest BCUT2D eigenvalue weighted by atomic mass is 32.2. The molecule has 0 saturated carbocycles. The maximum atomic E-state index is 12.7. The second-order valence-electron chi connectivity index (χ2n) is 7.05. The zero-order chi connectivity index (χ0) is 19.4. The molecule has 1 N–H and O–H groups in total. The number of carbonyl (C=O) groups excluding carboxylic acids is 1. The summed E-state index contributed by atoms with van der Waals surface area (Å²) in [4.78, 5) is 12.9. The van der Waals surface area contributed by atoms with Gasteiger partial charge in [-0.25, -0.2) is 8.42 Å². The minimum absolute atomic E-state index is 0.00607.